The molecule has 0 spiro atoms. The molecule has 0 aliphatic heterocycles. The second-order valence-corrected chi connectivity index (χ2v) is 3.55. The fraction of sp³-hybridized carbons (Fsp3) is 0.600. The van der Waals surface area contributed by atoms with Crippen molar-refractivity contribution in [2.75, 3.05) is 19.5 Å². The van der Waals surface area contributed by atoms with Gasteiger partial charge in [0.25, 0.3) is 0 Å². The zero-order valence-corrected chi connectivity index (χ0v) is 10.4. The Morgan fingerprint density at radius 3 is 2.78 bits per heavy atom. The Bertz CT molecular complexity index is 430. The first-order chi connectivity index (χ1) is 8.60. The molecule has 0 saturated carbocycles. The van der Waals surface area contributed by atoms with Crippen LogP contribution < -0.4 is 5.73 Å². The Kier molecular flexibility index (Phi) is 5.09. The molecular weight excluding hydrogens is 240 g/mol. The molecule has 1 heterocycles. The maximum absolute atomic E-state index is 11.4. The molecule has 18 heavy (non-hydrogen) atoms. The Hall–Kier alpha value is -2.12. The van der Waals surface area contributed by atoms with Crippen LogP contribution in [0.1, 0.15) is 30.3 Å². The molecule has 0 saturated heterocycles. The van der Waals surface area contributed by atoms with Crippen molar-refractivity contribution < 1.29 is 19.1 Å². The molecule has 1 aromatic rings. The topological polar surface area (TPSA) is 109 Å². The van der Waals surface area contributed by atoms with Gasteiger partial charge in [0.1, 0.15) is 6.54 Å². The summed E-state index contributed by atoms with van der Waals surface area (Å²) in [7, 11) is 1.21. The minimum atomic E-state index is -0.696. The molecule has 0 aromatic carbocycles. The van der Waals surface area contributed by atoms with Crippen molar-refractivity contribution in [1.29, 1.82) is 0 Å². The normalized spacial score (nSPS) is 10.1. The van der Waals surface area contributed by atoms with Gasteiger partial charge in [-0.15, -0.1) is 5.10 Å². The van der Waals surface area contributed by atoms with Crippen LogP contribution in [0, 0.1) is 0 Å². The SMILES string of the molecule is CCCCOC(=O)Cn1nnc(C(=O)OC)c1N. The number of carbonyl (C=O) groups excluding carboxylic acids is 2. The van der Waals surface area contributed by atoms with Crippen molar-refractivity contribution in [3.8, 4) is 0 Å². The van der Waals surface area contributed by atoms with E-state index in [1.54, 1.807) is 0 Å². The monoisotopic (exact) mass is 256 g/mol. The van der Waals surface area contributed by atoms with Gasteiger partial charge in [0.15, 0.2) is 5.82 Å². The van der Waals surface area contributed by atoms with E-state index in [1.165, 1.54) is 7.11 Å². The number of methoxy groups -OCH3 is 1. The number of esters is 2. The van der Waals surface area contributed by atoms with Crippen molar-refractivity contribution in [3.63, 3.8) is 0 Å². The van der Waals surface area contributed by atoms with Gasteiger partial charge < -0.3 is 15.2 Å². The Balaban J connectivity index is 2.60. The van der Waals surface area contributed by atoms with Gasteiger partial charge in [-0.2, -0.15) is 0 Å². The molecule has 8 heteroatoms. The third-order valence-corrected chi connectivity index (χ3v) is 2.19. The summed E-state index contributed by atoms with van der Waals surface area (Å²) in [4.78, 5) is 22.6. The Labute approximate surface area is 104 Å². The van der Waals surface area contributed by atoms with Crippen molar-refractivity contribution >= 4 is 17.8 Å². The van der Waals surface area contributed by atoms with Crippen molar-refractivity contribution in [3.05, 3.63) is 5.69 Å². The molecule has 0 amide bonds. The van der Waals surface area contributed by atoms with Crippen LogP contribution in [-0.4, -0.2) is 40.6 Å². The molecule has 0 unspecified atom stereocenters. The second-order valence-electron chi connectivity index (χ2n) is 3.55. The summed E-state index contributed by atoms with van der Waals surface area (Å²) >= 11 is 0. The van der Waals surface area contributed by atoms with Crippen LogP contribution in [-0.2, 0) is 20.8 Å². The van der Waals surface area contributed by atoms with Gasteiger partial charge in [-0.3, -0.25) is 4.79 Å². The summed E-state index contributed by atoms with van der Waals surface area (Å²) in [6.07, 6.45) is 1.73. The number of anilines is 1. The molecule has 0 atom stereocenters. The Morgan fingerprint density at radius 1 is 1.44 bits per heavy atom. The molecule has 0 bridgehead atoms. The number of rotatable bonds is 6. The van der Waals surface area contributed by atoms with Crippen molar-refractivity contribution in [1.82, 2.24) is 15.0 Å². The minimum absolute atomic E-state index is 0.0192. The lowest BCUT2D eigenvalue weighted by Crippen LogP contribution is -2.17. The van der Waals surface area contributed by atoms with E-state index in [2.05, 4.69) is 15.0 Å². The lowest BCUT2D eigenvalue weighted by molar-refractivity contribution is -0.144. The molecule has 0 aliphatic carbocycles. The fourth-order valence-electron chi connectivity index (χ4n) is 1.18. The number of unbranched alkanes of at least 4 members (excludes halogenated alkanes) is 1. The highest BCUT2D eigenvalue weighted by Crippen LogP contribution is 2.08. The van der Waals surface area contributed by atoms with E-state index in [0.717, 1.165) is 17.5 Å². The number of nitrogen functional groups attached to an aromatic ring is 1. The van der Waals surface area contributed by atoms with Crippen LogP contribution in [0.3, 0.4) is 0 Å². The molecule has 0 fully saturated rings. The van der Waals surface area contributed by atoms with E-state index in [9.17, 15) is 9.59 Å². The maximum Gasteiger partial charge on any atom is 0.362 e. The molecule has 1 rings (SSSR count). The molecule has 1 aromatic heterocycles. The predicted octanol–water partition coefficient (Wildman–Crippen LogP) is -0.00980. The van der Waals surface area contributed by atoms with Crippen LogP contribution >= 0.6 is 0 Å². The summed E-state index contributed by atoms with van der Waals surface area (Å²) in [6.45, 7) is 2.17. The van der Waals surface area contributed by atoms with Gasteiger partial charge in [0.05, 0.1) is 13.7 Å². The zero-order chi connectivity index (χ0) is 13.5. The average molecular weight is 256 g/mol. The number of hydrogen-bond acceptors (Lipinski definition) is 7. The lowest BCUT2D eigenvalue weighted by Gasteiger charge is -2.04. The van der Waals surface area contributed by atoms with E-state index in [4.69, 9.17) is 10.5 Å². The molecular formula is C10H16N4O4. The predicted molar refractivity (Wildman–Crippen MR) is 61.6 cm³/mol. The molecule has 0 aliphatic rings. The highest BCUT2D eigenvalue weighted by Gasteiger charge is 2.19. The summed E-state index contributed by atoms with van der Waals surface area (Å²) in [6, 6.07) is 0. The summed E-state index contributed by atoms with van der Waals surface area (Å²) in [5.74, 6) is -1.19. The summed E-state index contributed by atoms with van der Waals surface area (Å²) in [5, 5.41) is 7.13. The van der Waals surface area contributed by atoms with E-state index >= 15 is 0 Å². The highest BCUT2D eigenvalue weighted by molar-refractivity contribution is 5.91. The zero-order valence-electron chi connectivity index (χ0n) is 10.4. The van der Waals surface area contributed by atoms with Gasteiger partial charge in [-0.05, 0) is 6.42 Å². The third-order valence-electron chi connectivity index (χ3n) is 2.19. The van der Waals surface area contributed by atoms with Crippen molar-refractivity contribution in [2.24, 2.45) is 0 Å². The van der Waals surface area contributed by atoms with E-state index in [-0.39, 0.29) is 18.1 Å². The summed E-state index contributed by atoms with van der Waals surface area (Å²) < 4.78 is 10.5. The molecule has 100 valence electrons. The molecule has 2 N–H and O–H groups in total. The highest BCUT2D eigenvalue weighted by atomic mass is 16.5. The fourth-order valence-corrected chi connectivity index (χ4v) is 1.18. The van der Waals surface area contributed by atoms with Crippen LogP contribution in [0.5, 0.6) is 0 Å². The molecule has 8 nitrogen and oxygen atoms in total. The largest absolute Gasteiger partial charge is 0.464 e. The second kappa shape index (κ2) is 6.58. The van der Waals surface area contributed by atoms with Crippen LogP contribution in [0.25, 0.3) is 0 Å². The minimum Gasteiger partial charge on any atom is -0.464 e. The van der Waals surface area contributed by atoms with Gasteiger partial charge in [0, 0.05) is 0 Å². The number of aromatic nitrogens is 3. The standard InChI is InChI=1S/C10H16N4O4/c1-3-4-5-18-7(15)6-14-9(11)8(12-13-14)10(16)17-2/h3-6,11H2,1-2H3. The lowest BCUT2D eigenvalue weighted by atomic mass is 10.4. The van der Waals surface area contributed by atoms with Crippen LogP contribution in [0.2, 0.25) is 0 Å². The summed E-state index contributed by atoms with van der Waals surface area (Å²) in [5.41, 5.74) is 5.50. The smallest absolute Gasteiger partial charge is 0.362 e. The van der Waals surface area contributed by atoms with Gasteiger partial charge >= 0.3 is 11.9 Å². The number of ether oxygens (including phenoxy) is 2. The number of nitrogens with two attached hydrogens (primary N) is 1. The number of nitrogens with zero attached hydrogens (tertiary/aromatic N) is 3. The van der Waals surface area contributed by atoms with Crippen LogP contribution in [0.15, 0.2) is 0 Å². The van der Waals surface area contributed by atoms with E-state index < -0.39 is 11.9 Å². The van der Waals surface area contributed by atoms with Gasteiger partial charge in [-0.25, -0.2) is 9.48 Å². The first-order valence-electron chi connectivity index (χ1n) is 5.53. The number of carbonyl (C=O) groups is 2. The first-order valence-corrected chi connectivity index (χ1v) is 5.53. The Morgan fingerprint density at radius 2 is 2.17 bits per heavy atom. The van der Waals surface area contributed by atoms with Gasteiger partial charge in [0.2, 0.25) is 5.69 Å². The number of hydrogen-bond donors (Lipinski definition) is 1. The quantitative estimate of drug-likeness (QED) is 0.563. The van der Waals surface area contributed by atoms with E-state index in [0.29, 0.717) is 6.61 Å². The average Bonchev–Trinajstić information content (AvgIpc) is 2.70. The van der Waals surface area contributed by atoms with E-state index in [1.807, 2.05) is 6.92 Å². The molecule has 0 radical (unpaired) electrons. The first kappa shape index (κ1) is 13.9. The van der Waals surface area contributed by atoms with Gasteiger partial charge in [-0.1, -0.05) is 18.6 Å². The van der Waals surface area contributed by atoms with Crippen LogP contribution in [0.4, 0.5) is 5.82 Å². The third kappa shape index (κ3) is 3.44. The van der Waals surface area contributed by atoms with Crippen molar-refractivity contribution in [2.45, 2.75) is 26.3 Å². The maximum atomic E-state index is 11.4.